The molecule has 1 aromatic carbocycles. The minimum Gasteiger partial charge on any atom is -0.494 e. The average molecular weight is 251 g/mol. The summed E-state index contributed by atoms with van der Waals surface area (Å²) in [6, 6.07) is 7.69. The van der Waals surface area contributed by atoms with Crippen molar-refractivity contribution in [3.63, 3.8) is 0 Å². The van der Waals surface area contributed by atoms with E-state index in [1.54, 1.807) is 0 Å². The summed E-state index contributed by atoms with van der Waals surface area (Å²) < 4.78 is 10.4. The zero-order chi connectivity index (χ0) is 13.4. The molecule has 0 aliphatic carbocycles. The fourth-order valence-corrected chi connectivity index (χ4v) is 1.58. The monoisotopic (exact) mass is 251 g/mol. The number of hydrogen-bond acceptors (Lipinski definition) is 3. The van der Waals surface area contributed by atoms with Gasteiger partial charge in [0.1, 0.15) is 12.4 Å². The zero-order valence-electron chi connectivity index (χ0n) is 11.2. The lowest BCUT2D eigenvalue weighted by Crippen LogP contribution is -2.30. The van der Waals surface area contributed by atoms with E-state index >= 15 is 0 Å². The largest absolute Gasteiger partial charge is 0.494 e. The second-order valence-corrected chi connectivity index (χ2v) is 3.93. The van der Waals surface area contributed by atoms with Crippen molar-refractivity contribution in [3.05, 3.63) is 29.8 Å². The topological polar surface area (TPSA) is 47.6 Å². The molecule has 1 rings (SSSR count). The Bertz CT molecular complexity index is 362. The van der Waals surface area contributed by atoms with Crippen LogP contribution in [0.3, 0.4) is 0 Å². The molecule has 100 valence electrons. The van der Waals surface area contributed by atoms with Gasteiger partial charge >= 0.3 is 0 Å². The molecule has 0 bridgehead atoms. The van der Waals surface area contributed by atoms with Gasteiger partial charge in [-0.3, -0.25) is 4.79 Å². The molecular formula is C14H21NO3. The van der Waals surface area contributed by atoms with Crippen molar-refractivity contribution in [3.8, 4) is 5.75 Å². The van der Waals surface area contributed by atoms with Crippen LogP contribution < -0.4 is 10.1 Å². The molecule has 0 saturated heterocycles. The summed E-state index contributed by atoms with van der Waals surface area (Å²) in [6.45, 7) is 7.07. The first-order valence-corrected chi connectivity index (χ1v) is 6.27. The van der Waals surface area contributed by atoms with Crippen molar-refractivity contribution in [1.29, 1.82) is 0 Å². The lowest BCUT2D eigenvalue weighted by Gasteiger charge is -2.14. The molecule has 1 amide bonds. The lowest BCUT2D eigenvalue weighted by atomic mass is 10.1. The van der Waals surface area contributed by atoms with Crippen LogP contribution in [-0.4, -0.2) is 25.7 Å². The first-order valence-electron chi connectivity index (χ1n) is 6.27. The van der Waals surface area contributed by atoms with Gasteiger partial charge < -0.3 is 14.8 Å². The molecule has 4 nitrogen and oxygen atoms in total. The molecule has 0 spiro atoms. The summed E-state index contributed by atoms with van der Waals surface area (Å²) >= 11 is 0. The third-order valence-corrected chi connectivity index (χ3v) is 2.51. The summed E-state index contributed by atoms with van der Waals surface area (Å²) in [5.41, 5.74) is 1.04. The highest BCUT2D eigenvalue weighted by atomic mass is 16.5. The van der Waals surface area contributed by atoms with E-state index in [0.29, 0.717) is 13.2 Å². The summed E-state index contributed by atoms with van der Waals surface area (Å²) in [6.07, 6.45) is 0. The fourth-order valence-electron chi connectivity index (χ4n) is 1.58. The van der Waals surface area contributed by atoms with Crippen LogP contribution in [0.25, 0.3) is 0 Å². The van der Waals surface area contributed by atoms with Crippen molar-refractivity contribution in [2.45, 2.75) is 26.8 Å². The molecular weight excluding hydrogens is 230 g/mol. The standard InChI is InChI=1S/C14H21NO3/c1-4-17-10-14(16)15-11(3)12-6-8-13(9-7-12)18-5-2/h6-9,11H,4-5,10H2,1-3H3,(H,15,16). The number of carbonyl (C=O) groups excluding carboxylic acids is 1. The van der Waals surface area contributed by atoms with Gasteiger partial charge in [-0.2, -0.15) is 0 Å². The summed E-state index contributed by atoms with van der Waals surface area (Å²) in [5.74, 6) is 0.743. The Morgan fingerprint density at radius 1 is 1.22 bits per heavy atom. The van der Waals surface area contributed by atoms with Gasteiger partial charge in [0.2, 0.25) is 5.91 Å². The van der Waals surface area contributed by atoms with Gasteiger partial charge in [-0.15, -0.1) is 0 Å². The Labute approximate surface area is 108 Å². The molecule has 0 radical (unpaired) electrons. The SMILES string of the molecule is CCOCC(=O)NC(C)c1ccc(OCC)cc1. The minimum absolute atomic E-state index is 0.0337. The van der Waals surface area contributed by atoms with Gasteiger partial charge in [0.05, 0.1) is 12.6 Å². The molecule has 0 saturated carbocycles. The van der Waals surface area contributed by atoms with E-state index in [4.69, 9.17) is 9.47 Å². The maximum atomic E-state index is 11.5. The Morgan fingerprint density at radius 2 is 1.89 bits per heavy atom. The van der Waals surface area contributed by atoms with E-state index in [0.717, 1.165) is 11.3 Å². The molecule has 0 aliphatic heterocycles. The smallest absolute Gasteiger partial charge is 0.246 e. The quantitative estimate of drug-likeness (QED) is 0.809. The molecule has 0 fully saturated rings. The van der Waals surface area contributed by atoms with Crippen LogP contribution in [0.5, 0.6) is 5.75 Å². The second-order valence-electron chi connectivity index (χ2n) is 3.93. The summed E-state index contributed by atoms with van der Waals surface area (Å²) in [7, 11) is 0. The minimum atomic E-state index is -0.0989. The van der Waals surface area contributed by atoms with Crippen LogP contribution in [0.1, 0.15) is 32.4 Å². The Kier molecular flexibility index (Phi) is 6.22. The van der Waals surface area contributed by atoms with Crippen LogP contribution in [0, 0.1) is 0 Å². The molecule has 1 aromatic rings. The van der Waals surface area contributed by atoms with E-state index in [9.17, 15) is 4.79 Å². The Balaban J connectivity index is 2.50. The Morgan fingerprint density at radius 3 is 2.44 bits per heavy atom. The van der Waals surface area contributed by atoms with Crippen LogP contribution >= 0.6 is 0 Å². The molecule has 18 heavy (non-hydrogen) atoms. The van der Waals surface area contributed by atoms with Gasteiger partial charge in [0.25, 0.3) is 0 Å². The second kappa shape index (κ2) is 7.71. The third-order valence-electron chi connectivity index (χ3n) is 2.51. The van der Waals surface area contributed by atoms with E-state index in [1.807, 2.05) is 45.0 Å². The van der Waals surface area contributed by atoms with Crippen molar-refractivity contribution in [2.75, 3.05) is 19.8 Å². The highest BCUT2D eigenvalue weighted by Gasteiger charge is 2.09. The van der Waals surface area contributed by atoms with Crippen LogP contribution in [0.2, 0.25) is 0 Å². The third kappa shape index (κ3) is 4.75. The van der Waals surface area contributed by atoms with Crippen molar-refractivity contribution >= 4 is 5.91 Å². The summed E-state index contributed by atoms with van der Waals surface area (Å²) in [5, 5.41) is 2.88. The number of rotatable bonds is 7. The molecule has 1 N–H and O–H groups in total. The first kappa shape index (κ1) is 14.5. The van der Waals surface area contributed by atoms with Gasteiger partial charge in [0.15, 0.2) is 0 Å². The first-order chi connectivity index (χ1) is 8.67. The molecule has 4 heteroatoms. The van der Waals surface area contributed by atoms with Crippen LogP contribution in [0.15, 0.2) is 24.3 Å². The van der Waals surface area contributed by atoms with Gasteiger partial charge in [-0.05, 0) is 38.5 Å². The highest BCUT2D eigenvalue weighted by molar-refractivity contribution is 5.77. The zero-order valence-corrected chi connectivity index (χ0v) is 11.2. The molecule has 0 aromatic heterocycles. The molecule has 0 aliphatic rings. The maximum absolute atomic E-state index is 11.5. The van der Waals surface area contributed by atoms with Crippen molar-refractivity contribution < 1.29 is 14.3 Å². The molecule has 1 unspecified atom stereocenters. The predicted octanol–water partition coefficient (Wildman–Crippen LogP) is 2.30. The van der Waals surface area contributed by atoms with Gasteiger partial charge in [-0.25, -0.2) is 0 Å². The maximum Gasteiger partial charge on any atom is 0.246 e. The van der Waals surface area contributed by atoms with E-state index < -0.39 is 0 Å². The van der Waals surface area contributed by atoms with Crippen LogP contribution in [-0.2, 0) is 9.53 Å². The van der Waals surface area contributed by atoms with Gasteiger partial charge in [0, 0.05) is 6.61 Å². The lowest BCUT2D eigenvalue weighted by molar-refractivity contribution is -0.126. The number of hydrogen-bond donors (Lipinski definition) is 1. The average Bonchev–Trinajstić information content (AvgIpc) is 2.37. The number of nitrogens with one attached hydrogen (secondary N) is 1. The Hall–Kier alpha value is -1.55. The van der Waals surface area contributed by atoms with Gasteiger partial charge in [-0.1, -0.05) is 12.1 Å². The van der Waals surface area contributed by atoms with Crippen LogP contribution in [0.4, 0.5) is 0 Å². The molecule has 0 heterocycles. The highest BCUT2D eigenvalue weighted by Crippen LogP contribution is 2.17. The normalized spacial score (nSPS) is 11.9. The predicted molar refractivity (Wildman–Crippen MR) is 70.7 cm³/mol. The van der Waals surface area contributed by atoms with E-state index in [2.05, 4.69) is 5.32 Å². The number of ether oxygens (including phenoxy) is 2. The fraction of sp³-hybridized carbons (Fsp3) is 0.500. The number of benzene rings is 1. The van der Waals surface area contributed by atoms with E-state index in [-0.39, 0.29) is 18.6 Å². The number of amides is 1. The summed E-state index contributed by atoms with van der Waals surface area (Å²) in [4.78, 5) is 11.5. The molecule has 1 atom stereocenters. The van der Waals surface area contributed by atoms with E-state index in [1.165, 1.54) is 0 Å². The number of carbonyl (C=O) groups is 1. The van der Waals surface area contributed by atoms with Crippen molar-refractivity contribution in [2.24, 2.45) is 0 Å². The van der Waals surface area contributed by atoms with Crippen molar-refractivity contribution in [1.82, 2.24) is 5.32 Å².